The van der Waals surface area contributed by atoms with Crippen molar-refractivity contribution in [3.8, 4) is 0 Å². The molecule has 0 aliphatic carbocycles. The number of ether oxygens (including phenoxy) is 2. The van der Waals surface area contributed by atoms with Crippen molar-refractivity contribution in [2.45, 2.75) is 32.5 Å². The Kier molecular flexibility index (Phi) is 3.96. The molecule has 1 aromatic rings. The van der Waals surface area contributed by atoms with E-state index >= 15 is 0 Å². The van der Waals surface area contributed by atoms with E-state index in [1.807, 2.05) is 0 Å². The van der Waals surface area contributed by atoms with Gasteiger partial charge in [-0.25, -0.2) is 4.98 Å². The van der Waals surface area contributed by atoms with Gasteiger partial charge in [-0.15, -0.1) is 0 Å². The molecule has 0 spiro atoms. The second-order valence-corrected chi connectivity index (χ2v) is 5.23. The number of morpholine rings is 1. The molecule has 5 nitrogen and oxygen atoms in total. The summed E-state index contributed by atoms with van der Waals surface area (Å²) < 4.78 is 15.1. The summed E-state index contributed by atoms with van der Waals surface area (Å²) >= 11 is 1.44. The summed E-state index contributed by atoms with van der Waals surface area (Å²) in [5, 5.41) is 0.972. The predicted octanol–water partition coefficient (Wildman–Crippen LogP) is 1.69. The zero-order valence-electron chi connectivity index (χ0n) is 10.6. The van der Waals surface area contributed by atoms with Crippen LogP contribution in [0.25, 0.3) is 0 Å². The lowest BCUT2D eigenvalue weighted by atomic mass is 10.0. The number of methoxy groups -OCH3 is 1. The summed E-state index contributed by atoms with van der Waals surface area (Å²) in [7, 11) is 1.66. The maximum atomic E-state index is 5.81. The molecule has 1 unspecified atom stereocenters. The first-order chi connectivity index (χ1) is 8.17. The highest BCUT2D eigenvalue weighted by atomic mass is 32.1. The Labute approximate surface area is 106 Å². The van der Waals surface area contributed by atoms with E-state index in [1.54, 1.807) is 7.11 Å². The van der Waals surface area contributed by atoms with E-state index < -0.39 is 0 Å². The Morgan fingerprint density at radius 3 is 3.12 bits per heavy atom. The molecule has 0 bridgehead atoms. The van der Waals surface area contributed by atoms with Crippen molar-refractivity contribution in [1.82, 2.24) is 9.36 Å². The third kappa shape index (κ3) is 2.94. The van der Waals surface area contributed by atoms with Crippen molar-refractivity contribution < 1.29 is 9.47 Å². The van der Waals surface area contributed by atoms with Crippen molar-refractivity contribution in [1.29, 1.82) is 0 Å². The maximum absolute atomic E-state index is 5.81. The predicted molar refractivity (Wildman–Crippen MR) is 67.5 cm³/mol. The zero-order chi connectivity index (χ0) is 12.3. The van der Waals surface area contributed by atoms with Crippen LogP contribution in [0.5, 0.6) is 0 Å². The molecule has 1 fully saturated rings. The average molecular weight is 257 g/mol. The van der Waals surface area contributed by atoms with Crippen LogP contribution in [0, 0.1) is 0 Å². The molecule has 2 heterocycles. The number of hydrogen-bond acceptors (Lipinski definition) is 6. The van der Waals surface area contributed by atoms with Gasteiger partial charge in [0.05, 0.1) is 12.2 Å². The first kappa shape index (κ1) is 12.7. The summed E-state index contributed by atoms with van der Waals surface area (Å²) in [5.41, 5.74) is -0.0641. The van der Waals surface area contributed by atoms with Crippen molar-refractivity contribution in [3.63, 3.8) is 0 Å². The highest BCUT2D eigenvalue weighted by Gasteiger charge is 2.31. The lowest BCUT2D eigenvalue weighted by Gasteiger charge is -2.39. The molecular weight excluding hydrogens is 238 g/mol. The third-order valence-corrected chi connectivity index (χ3v) is 3.90. The number of aromatic nitrogens is 2. The minimum absolute atomic E-state index is 0.0641. The van der Waals surface area contributed by atoms with Crippen molar-refractivity contribution in [2.75, 3.05) is 31.7 Å². The Bertz CT molecular complexity index is 371. The van der Waals surface area contributed by atoms with Crippen LogP contribution in [-0.2, 0) is 16.1 Å². The number of anilines is 1. The van der Waals surface area contributed by atoms with Gasteiger partial charge in [-0.1, -0.05) is 6.92 Å². The van der Waals surface area contributed by atoms with E-state index in [1.165, 1.54) is 11.5 Å². The Morgan fingerprint density at radius 1 is 1.59 bits per heavy atom. The molecule has 1 aliphatic heterocycles. The van der Waals surface area contributed by atoms with Crippen LogP contribution >= 0.6 is 11.5 Å². The molecule has 0 N–H and O–H groups in total. The summed E-state index contributed by atoms with van der Waals surface area (Å²) in [6.07, 6.45) is 1.01. The van der Waals surface area contributed by atoms with E-state index in [0.717, 1.165) is 37.1 Å². The van der Waals surface area contributed by atoms with E-state index in [0.29, 0.717) is 6.61 Å². The van der Waals surface area contributed by atoms with Crippen molar-refractivity contribution in [3.05, 3.63) is 5.82 Å². The molecule has 0 saturated carbocycles. The van der Waals surface area contributed by atoms with E-state index in [9.17, 15) is 0 Å². The molecule has 1 aliphatic rings. The van der Waals surface area contributed by atoms with Gasteiger partial charge in [-0.3, -0.25) is 0 Å². The van der Waals surface area contributed by atoms with Gasteiger partial charge in [0.2, 0.25) is 5.13 Å². The van der Waals surface area contributed by atoms with E-state index in [2.05, 4.69) is 28.1 Å². The van der Waals surface area contributed by atoms with Crippen LogP contribution in [-0.4, -0.2) is 41.8 Å². The quantitative estimate of drug-likeness (QED) is 0.821. The number of rotatable bonds is 4. The van der Waals surface area contributed by atoms with Crippen LogP contribution in [0.15, 0.2) is 0 Å². The Balaban J connectivity index is 2.05. The number of hydrogen-bond donors (Lipinski definition) is 0. The second kappa shape index (κ2) is 5.29. The average Bonchev–Trinajstić information content (AvgIpc) is 2.78. The minimum atomic E-state index is -0.0641. The first-order valence-corrected chi connectivity index (χ1v) is 6.64. The summed E-state index contributed by atoms with van der Waals surface area (Å²) in [6.45, 7) is 7.30. The standard InChI is InChI=1S/C11H19N3O2S/c1-4-11(2)8-14(5-6-16-11)10-12-9(7-15-3)13-17-10/h4-8H2,1-3H3. The van der Waals surface area contributed by atoms with Crippen LogP contribution in [0.3, 0.4) is 0 Å². The molecule has 0 aromatic carbocycles. The van der Waals surface area contributed by atoms with Gasteiger partial charge in [0.1, 0.15) is 6.61 Å². The zero-order valence-corrected chi connectivity index (χ0v) is 11.4. The van der Waals surface area contributed by atoms with Crippen LogP contribution < -0.4 is 4.90 Å². The molecule has 0 radical (unpaired) electrons. The first-order valence-electron chi connectivity index (χ1n) is 5.87. The van der Waals surface area contributed by atoms with Gasteiger partial charge in [0.15, 0.2) is 5.82 Å². The molecule has 96 valence electrons. The normalized spacial score (nSPS) is 25.2. The van der Waals surface area contributed by atoms with Crippen LogP contribution in [0.2, 0.25) is 0 Å². The summed E-state index contributed by atoms with van der Waals surface area (Å²) in [6, 6.07) is 0. The largest absolute Gasteiger partial charge is 0.377 e. The van der Waals surface area contributed by atoms with Gasteiger partial charge in [0, 0.05) is 31.7 Å². The fourth-order valence-corrected chi connectivity index (χ4v) is 2.57. The third-order valence-electron chi connectivity index (χ3n) is 3.09. The molecule has 1 saturated heterocycles. The van der Waals surface area contributed by atoms with E-state index in [4.69, 9.17) is 9.47 Å². The highest BCUT2D eigenvalue weighted by molar-refractivity contribution is 7.09. The van der Waals surface area contributed by atoms with Gasteiger partial charge >= 0.3 is 0 Å². The smallest absolute Gasteiger partial charge is 0.205 e. The van der Waals surface area contributed by atoms with Crippen LogP contribution in [0.4, 0.5) is 5.13 Å². The van der Waals surface area contributed by atoms with Gasteiger partial charge < -0.3 is 14.4 Å². The molecule has 1 atom stereocenters. The molecule has 17 heavy (non-hydrogen) atoms. The topological polar surface area (TPSA) is 47.5 Å². The van der Waals surface area contributed by atoms with E-state index in [-0.39, 0.29) is 5.60 Å². The second-order valence-electron chi connectivity index (χ2n) is 4.50. The van der Waals surface area contributed by atoms with Gasteiger partial charge in [0.25, 0.3) is 0 Å². The molecule has 2 rings (SSSR count). The lowest BCUT2D eigenvalue weighted by molar-refractivity contribution is -0.0441. The van der Waals surface area contributed by atoms with Gasteiger partial charge in [-0.2, -0.15) is 4.37 Å². The molecular formula is C11H19N3O2S. The molecule has 1 aromatic heterocycles. The SMILES string of the molecule is CCC1(C)CN(c2nc(COC)ns2)CCO1. The fourth-order valence-electron chi connectivity index (χ4n) is 1.87. The fraction of sp³-hybridized carbons (Fsp3) is 0.818. The number of nitrogens with zero attached hydrogens (tertiary/aromatic N) is 3. The highest BCUT2D eigenvalue weighted by Crippen LogP contribution is 2.26. The Morgan fingerprint density at radius 2 is 2.41 bits per heavy atom. The Hall–Kier alpha value is -0.720. The summed E-state index contributed by atoms with van der Waals surface area (Å²) in [5.74, 6) is 0.761. The molecule has 0 amide bonds. The van der Waals surface area contributed by atoms with Crippen molar-refractivity contribution in [2.24, 2.45) is 0 Å². The monoisotopic (exact) mass is 257 g/mol. The lowest BCUT2D eigenvalue weighted by Crippen LogP contribution is -2.49. The van der Waals surface area contributed by atoms with Gasteiger partial charge in [-0.05, 0) is 13.3 Å². The maximum Gasteiger partial charge on any atom is 0.205 e. The van der Waals surface area contributed by atoms with Crippen LogP contribution in [0.1, 0.15) is 26.1 Å². The summed E-state index contributed by atoms with van der Waals surface area (Å²) in [4.78, 5) is 6.73. The van der Waals surface area contributed by atoms with Crippen molar-refractivity contribution >= 4 is 16.7 Å². The molecule has 6 heteroatoms. The minimum Gasteiger partial charge on any atom is -0.377 e.